The predicted molar refractivity (Wildman–Crippen MR) is 117 cm³/mol. The molecule has 2 heterocycles. The van der Waals surface area contributed by atoms with Gasteiger partial charge in [-0.3, -0.25) is 9.59 Å². The zero-order valence-corrected chi connectivity index (χ0v) is 18.0. The number of Topliss-reactive ketones (excluding diaryl/α,β-unsaturated/α-hetero) is 1. The van der Waals surface area contributed by atoms with Crippen molar-refractivity contribution >= 4 is 17.4 Å². The van der Waals surface area contributed by atoms with E-state index >= 15 is 0 Å². The average molecular weight is 451 g/mol. The highest BCUT2D eigenvalue weighted by Gasteiger charge is 2.46. The zero-order valence-electron chi connectivity index (χ0n) is 18.0. The lowest BCUT2D eigenvalue weighted by Gasteiger charge is -2.25. The minimum absolute atomic E-state index is 0.0356. The Hall–Kier alpha value is -4.07. The molecule has 1 amide bonds. The summed E-state index contributed by atoms with van der Waals surface area (Å²) in [6.45, 7) is 3.58. The number of aliphatic hydroxyl groups excluding tert-OH is 1. The van der Waals surface area contributed by atoms with Gasteiger partial charge in [0.25, 0.3) is 11.7 Å². The topological polar surface area (TPSA) is 100 Å². The molecular formula is C25H22FNO6. The number of ketones is 1. The number of rotatable bonds is 6. The van der Waals surface area contributed by atoms with Crippen LogP contribution in [0.4, 0.5) is 4.39 Å². The number of halogens is 1. The van der Waals surface area contributed by atoms with Gasteiger partial charge in [-0.2, -0.15) is 0 Å². The van der Waals surface area contributed by atoms with Crippen LogP contribution in [0.15, 0.2) is 64.8 Å². The molecular weight excluding hydrogens is 429 g/mol. The monoisotopic (exact) mass is 451 g/mol. The maximum Gasteiger partial charge on any atom is 0.296 e. The Morgan fingerprint density at radius 1 is 1.18 bits per heavy atom. The van der Waals surface area contributed by atoms with Gasteiger partial charge in [-0.15, -0.1) is 0 Å². The Balaban J connectivity index is 1.90. The highest BCUT2D eigenvalue weighted by molar-refractivity contribution is 6.46. The molecule has 0 bridgehead atoms. The Morgan fingerprint density at radius 2 is 1.97 bits per heavy atom. The molecule has 1 aliphatic rings. The zero-order chi connectivity index (χ0) is 23.7. The number of carbonyl (C=O) groups is 2. The number of aliphatic hydroxyl groups is 1. The molecule has 0 saturated carbocycles. The molecule has 4 rings (SSSR count). The Morgan fingerprint density at radius 3 is 2.64 bits per heavy atom. The van der Waals surface area contributed by atoms with Crippen LogP contribution in [0.2, 0.25) is 0 Å². The van der Waals surface area contributed by atoms with Crippen molar-refractivity contribution in [1.29, 1.82) is 0 Å². The third kappa shape index (κ3) is 4.07. The number of furan rings is 1. The highest BCUT2D eigenvalue weighted by Crippen LogP contribution is 2.42. The van der Waals surface area contributed by atoms with E-state index in [0.29, 0.717) is 16.9 Å². The number of aryl methyl sites for hydroxylation is 1. The van der Waals surface area contributed by atoms with Crippen LogP contribution in [0.25, 0.3) is 5.76 Å². The number of ether oxygens (including phenoxy) is 1. The molecule has 0 aliphatic carbocycles. The van der Waals surface area contributed by atoms with Gasteiger partial charge in [0.2, 0.25) is 0 Å². The van der Waals surface area contributed by atoms with E-state index in [-0.39, 0.29) is 35.8 Å². The van der Waals surface area contributed by atoms with E-state index in [0.717, 1.165) is 6.07 Å². The number of aromatic hydroxyl groups is 1. The summed E-state index contributed by atoms with van der Waals surface area (Å²) in [5, 5.41) is 21.1. The molecule has 33 heavy (non-hydrogen) atoms. The number of hydrogen-bond donors (Lipinski definition) is 2. The maximum absolute atomic E-state index is 14.2. The summed E-state index contributed by atoms with van der Waals surface area (Å²) in [6.07, 6.45) is 1.45. The fourth-order valence-electron chi connectivity index (χ4n) is 3.83. The van der Waals surface area contributed by atoms with E-state index in [1.165, 1.54) is 41.5 Å². The lowest BCUT2D eigenvalue weighted by atomic mass is 9.94. The van der Waals surface area contributed by atoms with E-state index < -0.39 is 29.3 Å². The molecule has 170 valence electrons. The van der Waals surface area contributed by atoms with Gasteiger partial charge in [-0.05, 0) is 55.3 Å². The van der Waals surface area contributed by atoms with E-state index in [2.05, 4.69) is 0 Å². The van der Waals surface area contributed by atoms with Crippen molar-refractivity contribution in [2.45, 2.75) is 26.4 Å². The number of likely N-dealkylation sites (tertiary alicyclic amines) is 1. The smallest absolute Gasteiger partial charge is 0.296 e. The van der Waals surface area contributed by atoms with E-state index in [1.54, 1.807) is 26.0 Å². The van der Waals surface area contributed by atoms with Gasteiger partial charge in [-0.1, -0.05) is 18.2 Å². The summed E-state index contributed by atoms with van der Waals surface area (Å²) < 4.78 is 25.0. The van der Waals surface area contributed by atoms with Crippen molar-refractivity contribution in [3.63, 3.8) is 0 Å². The van der Waals surface area contributed by atoms with Gasteiger partial charge >= 0.3 is 0 Å². The lowest BCUT2D eigenvalue weighted by Crippen LogP contribution is -2.29. The van der Waals surface area contributed by atoms with Crippen LogP contribution in [0.3, 0.4) is 0 Å². The second-order valence-corrected chi connectivity index (χ2v) is 7.63. The minimum atomic E-state index is -1.01. The van der Waals surface area contributed by atoms with E-state index in [1.807, 2.05) is 0 Å². The van der Waals surface area contributed by atoms with Crippen LogP contribution < -0.4 is 4.74 Å². The van der Waals surface area contributed by atoms with Crippen molar-refractivity contribution in [2.24, 2.45) is 0 Å². The molecule has 0 radical (unpaired) electrons. The number of hydrogen-bond acceptors (Lipinski definition) is 6. The van der Waals surface area contributed by atoms with Crippen molar-refractivity contribution in [3.8, 4) is 11.5 Å². The first-order valence-corrected chi connectivity index (χ1v) is 10.3. The normalized spacial score (nSPS) is 17.5. The number of amides is 1. The number of benzene rings is 2. The summed E-state index contributed by atoms with van der Waals surface area (Å²) in [5.41, 5.74) is 0.684. The SMILES string of the molecule is CCOc1cc(C2/C(=C(/O)c3ccc(C)c(F)c3)C(=O)C(=O)N2Cc2ccco2)ccc1O. The van der Waals surface area contributed by atoms with Crippen molar-refractivity contribution in [3.05, 3.63) is 88.6 Å². The molecule has 1 unspecified atom stereocenters. The molecule has 8 heteroatoms. The molecule has 3 aromatic rings. The van der Waals surface area contributed by atoms with Gasteiger partial charge in [0.05, 0.1) is 31.0 Å². The van der Waals surface area contributed by atoms with Crippen LogP contribution in [0.5, 0.6) is 11.5 Å². The second-order valence-electron chi connectivity index (χ2n) is 7.63. The summed E-state index contributed by atoms with van der Waals surface area (Å²) in [6, 6.07) is 10.8. The van der Waals surface area contributed by atoms with Gasteiger partial charge < -0.3 is 24.3 Å². The number of phenolic OH excluding ortho intramolecular Hbond substituents is 1. The number of phenols is 1. The largest absolute Gasteiger partial charge is 0.507 e. The van der Waals surface area contributed by atoms with Gasteiger partial charge in [0, 0.05) is 5.56 Å². The molecule has 1 atom stereocenters. The van der Waals surface area contributed by atoms with Crippen molar-refractivity contribution in [1.82, 2.24) is 4.90 Å². The molecule has 2 aromatic carbocycles. The Kier molecular flexibility index (Phi) is 5.91. The lowest BCUT2D eigenvalue weighted by molar-refractivity contribution is -0.140. The fourth-order valence-corrected chi connectivity index (χ4v) is 3.83. The maximum atomic E-state index is 14.2. The summed E-state index contributed by atoms with van der Waals surface area (Å²) in [5.74, 6) is -2.29. The van der Waals surface area contributed by atoms with Gasteiger partial charge in [0.1, 0.15) is 17.3 Å². The Labute approximate surface area is 189 Å². The van der Waals surface area contributed by atoms with Gasteiger partial charge in [0.15, 0.2) is 11.5 Å². The quantitative estimate of drug-likeness (QED) is 0.326. The molecule has 1 aliphatic heterocycles. The fraction of sp³-hybridized carbons (Fsp3) is 0.200. The van der Waals surface area contributed by atoms with E-state index in [4.69, 9.17) is 9.15 Å². The standard InChI is InChI=1S/C25H22FNO6/c1-3-32-20-12-15(8-9-19(20)28)22-21(23(29)16-7-6-14(2)18(26)11-16)24(30)25(31)27(22)13-17-5-4-10-33-17/h4-12,22,28-29H,3,13H2,1-2H3/b23-21-. The summed E-state index contributed by atoms with van der Waals surface area (Å²) in [7, 11) is 0. The summed E-state index contributed by atoms with van der Waals surface area (Å²) >= 11 is 0. The molecule has 1 aromatic heterocycles. The molecule has 1 fully saturated rings. The minimum Gasteiger partial charge on any atom is -0.507 e. The van der Waals surface area contributed by atoms with Crippen molar-refractivity contribution < 1.29 is 33.3 Å². The third-order valence-corrected chi connectivity index (χ3v) is 5.49. The Bertz CT molecular complexity index is 1250. The van der Waals surface area contributed by atoms with Gasteiger partial charge in [-0.25, -0.2) is 4.39 Å². The first kappa shape index (κ1) is 22.1. The highest BCUT2D eigenvalue weighted by atomic mass is 19.1. The predicted octanol–water partition coefficient (Wildman–Crippen LogP) is 4.45. The second kappa shape index (κ2) is 8.82. The number of carbonyl (C=O) groups excluding carboxylic acids is 2. The molecule has 7 nitrogen and oxygen atoms in total. The molecule has 1 saturated heterocycles. The van der Waals surface area contributed by atoms with E-state index in [9.17, 15) is 24.2 Å². The van der Waals surface area contributed by atoms with Crippen molar-refractivity contribution in [2.75, 3.05) is 6.61 Å². The van der Waals surface area contributed by atoms with Crippen LogP contribution >= 0.6 is 0 Å². The van der Waals surface area contributed by atoms with Crippen LogP contribution in [0, 0.1) is 12.7 Å². The van der Waals surface area contributed by atoms with Crippen LogP contribution in [0.1, 0.15) is 35.4 Å². The summed E-state index contributed by atoms with van der Waals surface area (Å²) in [4.78, 5) is 27.3. The molecule has 0 spiro atoms. The molecule has 2 N–H and O–H groups in total. The third-order valence-electron chi connectivity index (χ3n) is 5.49. The van der Waals surface area contributed by atoms with Crippen LogP contribution in [-0.4, -0.2) is 33.4 Å². The average Bonchev–Trinajstić information content (AvgIpc) is 3.39. The van der Waals surface area contributed by atoms with Crippen LogP contribution in [-0.2, 0) is 16.1 Å². The first-order chi connectivity index (χ1) is 15.8. The number of nitrogens with zero attached hydrogens (tertiary/aromatic N) is 1. The first-order valence-electron chi connectivity index (χ1n) is 10.3.